The Hall–Kier alpha value is -1.76. The first-order valence-corrected chi connectivity index (χ1v) is 6.83. The minimum Gasteiger partial charge on any atom is -0.399 e. The highest BCUT2D eigenvalue weighted by molar-refractivity contribution is 14.1. The van der Waals surface area contributed by atoms with Crippen molar-refractivity contribution in [2.75, 3.05) is 18.1 Å². The maximum absolute atomic E-state index is 11.8. The van der Waals surface area contributed by atoms with E-state index in [9.17, 15) is 4.79 Å². The number of nitrogens with one attached hydrogen (secondary N) is 2. The molecule has 19 heavy (non-hydrogen) atoms. The van der Waals surface area contributed by atoms with Gasteiger partial charge in [0.25, 0.3) is 5.91 Å². The molecule has 2 aromatic carbocycles. The molecule has 0 fully saturated rings. The number of hydrogen-bond acceptors (Lipinski definition) is 3. The Morgan fingerprint density at radius 1 is 1.16 bits per heavy atom. The van der Waals surface area contributed by atoms with Gasteiger partial charge in [0, 0.05) is 16.3 Å². The molecule has 0 bridgehead atoms. The van der Waals surface area contributed by atoms with Gasteiger partial charge in [-0.25, -0.2) is 0 Å². The molecule has 0 saturated carbocycles. The first-order chi connectivity index (χ1) is 9.11. The van der Waals surface area contributed by atoms with E-state index < -0.39 is 0 Å². The van der Waals surface area contributed by atoms with Crippen molar-refractivity contribution in [2.45, 2.75) is 0 Å². The summed E-state index contributed by atoms with van der Waals surface area (Å²) in [5.74, 6) is -0.145. The van der Waals surface area contributed by atoms with Crippen molar-refractivity contribution in [3.63, 3.8) is 0 Å². The van der Waals surface area contributed by atoms with Gasteiger partial charge in [0.05, 0.1) is 16.9 Å². The number of carbonyl (C=O) groups is 1. The van der Waals surface area contributed by atoms with Crippen LogP contribution in [0.15, 0.2) is 42.5 Å². The molecule has 2 aromatic rings. The number of nitrogen functional groups attached to an aromatic ring is 1. The maximum atomic E-state index is 11.8. The molecule has 0 aliphatic rings. The third kappa shape index (κ3) is 3.17. The van der Waals surface area contributed by atoms with Crippen LogP contribution in [0.5, 0.6) is 0 Å². The van der Waals surface area contributed by atoms with Crippen LogP contribution in [0, 0.1) is 3.57 Å². The summed E-state index contributed by atoms with van der Waals surface area (Å²) in [7, 11) is 1.61. The molecule has 0 radical (unpaired) electrons. The van der Waals surface area contributed by atoms with Crippen LogP contribution >= 0.6 is 22.6 Å². The monoisotopic (exact) mass is 367 g/mol. The molecule has 98 valence electrons. The van der Waals surface area contributed by atoms with E-state index in [1.807, 2.05) is 24.3 Å². The van der Waals surface area contributed by atoms with Gasteiger partial charge in [-0.3, -0.25) is 4.79 Å². The van der Waals surface area contributed by atoms with Crippen LogP contribution in [0.1, 0.15) is 10.4 Å². The number of nitrogens with two attached hydrogens (primary N) is 1. The van der Waals surface area contributed by atoms with Crippen LogP contribution in [0.25, 0.3) is 0 Å². The van der Waals surface area contributed by atoms with Crippen molar-refractivity contribution < 1.29 is 4.79 Å². The van der Waals surface area contributed by atoms with Crippen molar-refractivity contribution in [3.8, 4) is 0 Å². The van der Waals surface area contributed by atoms with Crippen LogP contribution in [0.2, 0.25) is 0 Å². The second kappa shape index (κ2) is 5.92. The van der Waals surface area contributed by atoms with Crippen LogP contribution in [0.3, 0.4) is 0 Å². The standard InChI is InChI=1S/C14H14IN3O/c1-17-14(19)10-7-6-9(16)8-13(10)18-12-5-3-2-4-11(12)15/h2-8,18H,16H2,1H3,(H,17,19). The number of benzene rings is 2. The highest BCUT2D eigenvalue weighted by Gasteiger charge is 2.11. The average molecular weight is 367 g/mol. The van der Waals surface area contributed by atoms with E-state index in [0.717, 1.165) is 9.26 Å². The van der Waals surface area contributed by atoms with Gasteiger partial charge < -0.3 is 16.4 Å². The summed E-state index contributed by atoms with van der Waals surface area (Å²) in [4.78, 5) is 11.8. The zero-order chi connectivity index (χ0) is 13.8. The fourth-order valence-corrected chi connectivity index (χ4v) is 2.23. The van der Waals surface area contributed by atoms with Gasteiger partial charge in [-0.1, -0.05) is 12.1 Å². The van der Waals surface area contributed by atoms with Crippen LogP contribution in [-0.4, -0.2) is 13.0 Å². The number of rotatable bonds is 3. The van der Waals surface area contributed by atoms with Crippen molar-refractivity contribution in [1.29, 1.82) is 0 Å². The molecule has 0 aliphatic heterocycles. The Bertz CT molecular complexity index is 613. The predicted octanol–water partition coefficient (Wildman–Crippen LogP) is 2.98. The molecule has 0 aromatic heterocycles. The molecule has 0 spiro atoms. The van der Waals surface area contributed by atoms with E-state index in [2.05, 4.69) is 33.2 Å². The zero-order valence-electron chi connectivity index (χ0n) is 10.4. The average Bonchev–Trinajstić information content (AvgIpc) is 2.41. The second-order valence-electron chi connectivity index (χ2n) is 3.99. The van der Waals surface area contributed by atoms with E-state index in [4.69, 9.17) is 5.73 Å². The number of carbonyl (C=O) groups excluding carboxylic acids is 1. The molecule has 1 amide bonds. The van der Waals surface area contributed by atoms with Gasteiger partial charge in [0.15, 0.2) is 0 Å². The summed E-state index contributed by atoms with van der Waals surface area (Å²) in [5.41, 5.74) is 8.61. The summed E-state index contributed by atoms with van der Waals surface area (Å²) in [6.07, 6.45) is 0. The lowest BCUT2D eigenvalue weighted by Crippen LogP contribution is -2.19. The molecule has 2 rings (SSSR count). The van der Waals surface area contributed by atoms with E-state index >= 15 is 0 Å². The van der Waals surface area contributed by atoms with Crippen molar-refractivity contribution in [2.24, 2.45) is 0 Å². The lowest BCUT2D eigenvalue weighted by Gasteiger charge is -2.13. The molecule has 4 N–H and O–H groups in total. The van der Waals surface area contributed by atoms with Gasteiger partial charge >= 0.3 is 0 Å². The van der Waals surface area contributed by atoms with Gasteiger partial charge in [-0.2, -0.15) is 0 Å². The molecule has 0 heterocycles. The molecule has 5 heteroatoms. The molecule has 4 nitrogen and oxygen atoms in total. The van der Waals surface area contributed by atoms with E-state index in [0.29, 0.717) is 16.9 Å². The molecular formula is C14H14IN3O. The zero-order valence-corrected chi connectivity index (χ0v) is 12.6. The van der Waals surface area contributed by atoms with E-state index in [1.165, 1.54) is 0 Å². The summed E-state index contributed by atoms with van der Waals surface area (Å²) in [5, 5.41) is 5.87. The van der Waals surface area contributed by atoms with Gasteiger partial charge in [-0.05, 0) is 52.9 Å². The van der Waals surface area contributed by atoms with Crippen molar-refractivity contribution in [1.82, 2.24) is 5.32 Å². The largest absolute Gasteiger partial charge is 0.399 e. The molecular weight excluding hydrogens is 353 g/mol. The summed E-state index contributed by atoms with van der Waals surface area (Å²) in [6, 6.07) is 13.0. The Kier molecular flexibility index (Phi) is 4.26. The minimum absolute atomic E-state index is 0.145. The summed E-state index contributed by atoms with van der Waals surface area (Å²) >= 11 is 2.24. The SMILES string of the molecule is CNC(=O)c1ccc(N)cc1Nc1ccccc1I. The van der Waals surface area contributed by atoms with Crippen LogP contribution in [0.4, 0.5) is 17.1 Å². The Morgan fingerprint density at radius 3 is 2.58 bits per heavy atom. The predicted molar refractivity (Wildman–Crippen MR) is 86.7 cm³/mol. The van der Waals surface area contributed by atoms with Crippen LogP contribution in [-0.2, 0) is 0 Å². The normalized spacial score (nSPS) is 10.0. The summed E-state index contributed by atoms with van der Waals surface area (Å²) < 4.78 is 1.07. The van der Waals surface area contributed by atoms with Gasteiger partial charge in [0.2, 0.25) is 0 Å². The Labute approximate surface area is 125 Å². The first kappa shape index (κ1) is 13.7. The fourth-order valence-electron chi connectivity index (χ4n) is 1.71. The van der Waals surface area contributed by atoms with E-state index in [1.54, 1.807) is 25.2 Å². The lowest BCUT2D eigenvalue weighted by atomic mass is 10.1. The van der Waals surface area contributed by atoms with Crippen LogP contribution < -0.4 is 16.4 Å². The third-order valence-electron chi connectivity index (χ3n) is 2.66. The fraction of sp³-hybridized carbons (Fsp3) is 0.0714. The molecule has 0 aliphatic carbocycles. The number of para-hydroxylation sites is 1. The lowest BCUT2D eigenvalue weighted by molar-refractivity contribution is 0.0964. The highest BCUT2D eigenvalue weighted by atomic mass is 127. The number of anilines is 3. The highest BCUT2D eigenvalue weighted by Crippen LogP contribution is 2.26. The number of amides is 1. The second-order valence-corrected chi connectivity index (χ2v) is 5.15. The molecule has 0 saturated heterocycles. The van der Waals surface area contributed by atoms with Crippen molar-refractivity contribution >= 4 is 45.6 Å². The van der Waals surface area contributed by atoms with E-state index in [-0.39, 0.29) is 5.91 Å². The molecule has 0 unspecified atom stereocenters. The third-order valence-corrected chi connectivity index (χ3v) is 3.60. The van der Waals surface area contributed by atoms with Gasteiger partial charge in [-0.15, -0.1) is 0 Å². The smallest absolute Gasteiger partial charge is 0.253 e. The Balaban J connectivity index is 2.41. The summed E-state index contributed by atoms with van der Waals surface area (Å²) in [6.45, 7) is 0. The number of hydrogen-bond donors (Lipinski definition) is 3. The Morgan fingerprint density at radius 2 is 1.89 bits per heavy atom. The quantitative estimate of drug-likeness (QED) is 0.577. The topological polar surface area (TPSA) is 67.2 Å². The molecule has 0 atom stereocenters. The number of halogens is 1. The van der Waals surface area contributed by atoms with Gasteiger partial charge in [0.1, 0.15) is 0 Å². The minimum atomic E-state index is -0.145. The maximum Gasteiger partial charge on any atom is 0.253 e. The van der Waals surface area contributed by atoms with Crippen molar-refractivity contribution in [3.05, 3.63) is 51.6 Å². The first-order valence-electron chi connectivity index (χ1n) is 5.75.